The number of aromatic nitrogens is 1. The average molecular weight is 296 g/mol. The lowest BCUT2D eigenvalue weighted by Crippen LogP contribution is -2.51. The molecule has 1 unspecified atom stereocenters. The highest BCUT2D eigenvalue weighted by molar-refractivity contribution is 7.86. The minimum Gasteiger partial charge on any atom is -0.314 e. The number of piperazine rings is 1. The Morgan fingerprint density at radius 3 is 2.75 bits per heavy atom. The zero-order valence-corrected chi connectivity index (χ0v) is 12.2. The molecule has 0 aromatic carbocycles. The fourth-order valence-corrected chi connectivity index (χ4v) is 4.80. The van der Waals surface area contributed by atoms with Gasteiger partial charge in [-0.1, -0.05) is 6.07 Å². The van der Waals surface area contributed by atoms with Crippen LogP contribution in [-0.2, 0) is 10.2 Å². The normalized spacial score (nSPS) is 25.9. The second kappa shape index (κ2) is 5.77. The second-order valence-corrected chi connectivity index (χ2v) is 7.09. The summed E-state index contributed by atoms with van der Waals surface area (Å²) < 4.78 is 28.8. The number of hydrogen-bond donors (Lipinski definition) is 1. The van der Waals surface area contributed by atoms with Crippen molar-refractivity contribution in [3.8, 4) is 0 Å². The van der Waals surface area contributed by atoms with Crippen LogP contribution in [0.25, 0.3) is 0 Å². The predicted octanol–water partition coefficient (Wildman–Crippen LogP) is 0.369. The Hall–Kier alpha value is -1.02. The minimum atomic E-state index is -3.36. The molecule has 3 rings (SSSR count). The first kappa shape index (κ1) is 13.9. The minimum absolute atomic E-state index is 0.0661. The summed E-state index contributed by atoms with van der Waals surface area (Å²) in [4.78, 5) is 4.11. The lowest BCUT2D eigenvalue weighted by Gasteiger charge is -2.33. The summed E-state index contributed by atoms with van der Waals surface area (Å²) in [6.07, 6.45) is 5.27. The van der Waals surface area contributed by atoms with Crippen molar-refractivity contribution in [2.24, 2.45) is 0 Å². The largest absolute Gasteiger partial charge is 0.314 e. The Morgan fingerprint density at radius 2 is 2.05 bits per heavy atom. The Bertz CT molecular complexity index is 543. The van der Waals surface area contributed by atoms with Crippen LogP contribution in [0.5, 0.6) is 0 Å². The molecule has 1 aromatic rings. The van der Waals surface area contributed by atoms with Crippen LogP contribution in [0.4, 0.5) is 0 Å². The van der Waals surface area contributed by atoms with Crippen LogP contribution in [-0.4, -0.2) is 54.7 Å². The predicted molar refractivity (Wildman–Crippen MR) is 76.3 cm³/mol. The second-order valence-electron chi connectivity index (χ2n) is 5.21. The van der Waals surface area contributed by atoms with Crippen LogP contribution in [0.3, 0.4) is 0 Å². The van der Waals surface area contributed by atoms with E-state index in [9.17, 15) is 8.42 Å². The van der Waals surface area contributed by atoms with Gasteiger partial charge in [-0.2, -0.15) is 17.0 Å². The van der Waals surface area contributed by atoms with Gasteiger partial charge in [0.25, 0.3) is 10.2 Å². The van der Waals surface area contributed by atoms with Gasteiger partial charge in [-0.3, -0.25) is 4.98 Å². The Labute approximate surface area is 120 Å². The van der Waals surface area contributed by atoms with E-state index in [1.165, 1.54) is 0 Å². The third kappa shape index (κ3) is 2.58. The zero-order chi connectivity index (χ0) is 14.0. The molecule has 3 heterocycles. The van der Waals surface area contributed by atoms with Crippen molar-refractivity contribution in [1.29, 1.82) is 0 Å². The summed E-state index contributed by atoms with van der Waals surface area (Å²) in [7, 11) is -3.36. The van der Waals surface area contributed by atoms with Crippen LogP contribution in [0.2, 0.25) is 0 Å². The van der Waals surface area contributed by atoms with Crippen molar-refractivity contribution in [2.75, 3.05) is 32.7 Å². The molecule has 6 nitrogen and oxygen atoms in total. The van der Waals surface area contributed by atoms with Crippen LogP contribution >= 0.6 is 0 Å². The van der Waals surface area contributed by atoms with E-state index in [1.54, 1.807) is 21.0 Å². The van der Waals surface area contributed by atoms with Crippen molar-refractivity contribution in [3.05, 3.63) is 30.1 Å². The molecule has 0 amide bonds. The molecule has 110 valence electrons. The summed E-state index contributed by atoms with van der Waals surface area (Å²) in [5.74, 6) is 0. The van der Waals surface area contributed by atoms with Gasteiger partial charge in [-0.15, -0.1) is 0 Å². The van der Waals surface area contributed by atoms with Gasteiger partial charge in [-0.25, -0.2) is 0 Å². The maximum absolute atomic E-state index is 12.8. The molecular weight excluding hydrogens is 276 g/mol. The number of nitrogens with one attached hydrogen (secondary N) is 1. The number of rotatable bonds is 3. The summed E-state index contributed by atoms with van der Waals surface area (Å²) in [6, 6.07) is 3.76. The first-order chi connectivity index (χ1) is 9.69. The highest BCUT2D eigenvalue weighted by atomic mass is 32.2. The topological polar surface area (TPSA) is 65.5 Å². The highest BCUT2D eigenvalue weighted by Gasteiger charge is 2.39. The van der Waals surface area contributed by atoms with E-state index in [1.807, 2.05) is 12.1 Å². The SMILES string of the molecule is O=S(=O)(N1CCNCC1)N1CCCC1c1cccnc1. The summed E-state index contributed by atoms with van der Waals surface area (Å²) in [6.45, 7) is 3.16. The molecule has 1 atom stereocenters. The van der Waals surface area contributed by atoms with Crippen molar-refractivity contribution < 1.29 is 8.42 Å². The molecule has 1 aromatic heterocycles. The molecule has 7 heteroatoms. The van der Waals surface area contributed by atoms with Crippen molar-refractivity contribution in [2.45, 2.75) is 18.9 Å². The molecule has 0 spiro atoms. The molecule has 0 saturated carbocycles. The third-order valence-corrected chi connectivity index (χ3v) is 6.02. The fraction of sp³-hybridized carbons (Fsp3) is 0.615. The van der Waals surface area contributed by atoms with Crippen molar-refractivity contribution in [1.82, 2.24) is 18.9 Å². The molecule has 1 N–H and O–H groups in total. The van der Waals surface area contributed by atoms with Gasteiger partial charge < -0.3 is 5.32 Å². The van der Waals surface area contributed by atoms with E-state index in [0.29, 0.717) is 19.6 Å². The van der Waals surface area contributed by atoms with E-state index in [4.69, 9.17) is 0 Å². The Balaban J connectivity index is 1.84. The number of nitrogens with zero attached hydrogens (tertiary/aromatic N) is 3. The Morgan fingerprint density at radius 1 is 1.25 bits per heavy atom. The number of pyridine rings is 1. The van der Waals surface area contributed by atoms with E-state index in [-0.39, 0.29) is 6.04 Å². The smallest absolute Gasteiger partial charge is 0.282 e. The van der Waals surface area contributed by atoms with Crippen LogP contribution in [0.1, 0.15) is 24.4 Å². The van der Waals surface area contributed by atoms with Gasteiger partial charge in [-0.05, 0) is 24.5 Å². The molecule has 20 heavy (non-hydrogen) atoms. The monoisotopic (exact) mass is 296 g/mol. The summed E-state index contributed by atoms with van der Waals surface area (Å²) >= 11 is 0. The van der Waals surface area contributed by atoms with Crippen LogP contribution in [0, 0.1) is 0 Å². The molecule has 2 saturated heterocycles. The van der Waals surface area contributed by atoms with Crippen molar-refractivity contribution in [3.63, 3.8) is 0 Å². The maximum atomic E-state index is 12.8. The molecule has 2 fully saturated rings. The highest BCUT2D eigenvalue weighted by Crippen LogP contribution is 2.34. The molecule has 2 aliphatic rings. The van der Waals surface area contributed by atoms with Crippen LogP contribution < -0.4 is 5.32 Å². The zero-order valence-electron chi connectivity index (χ0n) is 11.4. The van der Waals surface area contributed by atoms with Gasteiger partial charge in [0.2, 0.25) is 0 Å². The summed E-state index contributed by atoms with van der Waals surface area (Å²) in [5, 5.41) is 3.19. The molecule has 0 radical (unpaired) electrons. The van der Waals surface area contributed by atoms with Gasteiger partial charge in [0, 0.05) is 45.1 Å². The fourth-order valence-electron chi connectivity index (χ4n) is 2.95. The Kier molecular flexibility index (Phi) is 4.02. The lowest BCUT2D eigenvalue weighted by molar-refractivity contribution is 0.304. The third-order valence-electron chi connectivity index (χ3n) is 3.97. The lowest BCUT2D eigenvalue weighted by atomic mass is 10.1. The molecular formula is C13H20N4O2S. The molecule has 0 aliphatic carbocycles. The van der Waals surface area contributed by atoms with Gasteiger partial charge in [0.15, 0.2) is 0 Å². The first-order valence-electron chi connectivity index (χ1n) is 7.07. The van der Waals surface area contributed by atoms with Crippen LogP contribution in [0.15, 0.2) is 24.5 Å². The first-order valence-corrected chi connectivity index (χ1v) is 8.47. The molecule has 0 bridgehead atoms. The summed E-state index contributed by atoms with van der Waals surface area (Å²) in [5.41, 5.74) is 0.990. The van der Waals surface area contributed by atoms with Crippen molar-refractivity contribution >= 4 is 10.2 Å². The standard InChI is InChI=1S/C13H20N4O2S/c18-20(19,16-9-6-14-7-10-16)17-8-2-4-13(17)12-3-1-5-15-11-12/h1,3,5,11,13-14H,2,4,6-10H2. The quantitative estimate of drug-likeness (QED) is 0.875. The maximum Gasteiger partial charge on any atom is 0.282 e. The average Bonchev–Trinajstić information content (AvgIpc) is 2.99. The van der Waals surface area contributed by atoms with E-state index < -0.39 is 10.2 Å². The molecule has 2 aliphatic heterocycles. The number of hydrogen-bond acceptors (Lipinski definition) is 4. The van der Waals surface area contributed by atoms with E-state index >= 15 is 0 Å². The van der Waals surface area contributed by atoms with E-state index in [2.05, 4.69) is 10.3 Å². The van der Waals surface area contributed by atoms with Gasteiger partial charge in [0.1, 0.15) is 0 Å². The van der Waals surface area contributed by atoms with E-state index in [0.717, 1.165) is 31.5 Å². The van der Waals surface area contributed by atoms with Gasteiger partial charge >= 0.3 is 0 Å². The van der Waals surface area contributed by atoms with Gasteiger partial charge in [0.05, 0.1) is 6.04 Å².